The van der Waals surface area contributed by atoms with Gasteiger partial charge >= 0.3 is 0 Å². The Balaban J connectivity index is 1.05. The maximum atomic E-state index is 2.51. The first kappa shape index (κ1) is 43.3. The Morgan fingerprint density at radius 2 is 0.434 bits per heavy atom. The van der Waals surface area contributed by atoms with Gasteiger partial charge in [0.2, 0.25) is 0 Å². The second kappa shape index (κ2) is 16.2. The van der Waals surface area contributed by atoms with Gasteiger partial charge in [0.05, 0.1) is 0 Å². The topological polar surface area (TPSA) is 19.7 Å². The van der Waals surface area contributed by atoms with Crippen molar-refractivity contribution in [2.45, 2.75) is 53.9 Å². The molecule has 12 aromatic carbocycles. The largest absolute Gasteiger partial charge is 0.341 e. The van der Waals surface area contributed by atoms with E-state index in [9.17, 15) is 0 Å². The molecule has 0 saturated carbocycles. The summed E-state index contributed by atoms with van der Waals surface area (Å²) >= 11 is 0. The molecule has 4 nitrogen and oxygen atoms in total. The van der Waals surface area contributed by atoms with E-state index in [0.717, 1.165) is 26.2 Å². The van der Waals surface area contributed by atoms with Crippen LogP contribution in [0.25, 0.3) is 164 Å². The lowest BCUT2D eigenvalue weighted by Gasteiger charge is -2.22. The summed E-state index contributed by atoms with van der Waals surface area (Å²) in [6, 6.07) is 79.3. The van der Waals surface area contributed by atoms with Crippen LogP contribution < -0.4 is 0 Å². The molecule has 0 aliphatic carbocycles. The fourth-order valence-electron chi connectivity index (χ4n) is 14.2. The molecule has 4 aromatic heterocycles. The Hall–Kier alpha value is -9.12. The fourth-order valence-corrected chi connectivity index (χ4v) is 14.2. The van der Waals surface area contributed by atoms with Crippen molar-refractivity contribution in [3.63, 3.8) is 0 Å². The highest BCUT2D eigenvalue weighted by molar-refractivity contribution is 6.33. The quantitative estimate of drug-likeness (QED) is 0.135. The summed E-state index contributed by atoms with van der Waals surface area (Å²) < 4.78 is 9.85. The number of rotatable bonds is 8. The second-order valence-electron chi connectivity index (χ2n) is 21.0. The van der Waals surface area contributed by atoms with E-state index in [0.29, 0.717) is 0 Å². The van der Waals surface area contributed by atoms with Crippen molar-refractivity contribution >= 4 is 120 Å². The first-order valence-electron chi connectivity index (χ1n) is 27.4. The van der Waals surface area contributed by atoms with Crippen molar-refractivity contribution in [2.75, 3.05) is 0 Å². The molecule has 0 spiro atoms. The van der Waals surface area contributed by atoms with E-state index in [1.807, 2.05) is 0 Å². The smallest absolute Gasteiger partial charge is 0.0491 e. The number of benzene rings is 12. The Labute approximate surface area is 440 Å². The number of nitrogens with zero attached hydrogens (tertiary/aromatic N) is 4. The molecule has 0 amide bonds. The fraction of sp³-hybridized carbons (Fsp3) is 0.111. The molecule has 76 heavy (non-hydrogen) atoms. The summed E-state index contributed by atoms with van der Waals surface area (Å²) in [5.41, 5.74) is 20.1. The zero-order chi connectivity index (χ0) is 50.5. The average Bonchev–Trinajstić information content (AvgIpc) is 4.25. The number of hydrogen-bond acceptors (Lipinski definition) is 0. The van der Waals surface area contributed by atoms with Gasteiger partial charge < -0.3 is 18.3 Å². The molecule has 0 bridgehead atoms. The average molecular weight is 975 g/mol. The minimum Gasteiger partial charge on any atom is -0.341 e. The maximum Gasteiger partial charge on any atom is 0.0491 e. The summed E-state index contributed by atoms with van der Waals surface area (Å²) in [6.07, 6.45) is 0. The van der Waals surface area contributed by atoms with Crippen LogP contribution in [0, 0.1) is 0 Å². The van der Waals surface area contributed by atoms with Crippen LogP contribution in [-0.2, 0) is 26.2 Å². The second-order valence-corrected chi connectivity index (χ2v) is 21.0. The molecule has 0 fully saturated rings. The van der Waals surface area contributed by atoms with Gasteiger partial charge in [-0.15, -0.1) is 0 Å². The van der Waals surface area contributed by atoms with Crippen molar-refractivity contribution in [3.8, 4) is 44.5 Å². The lowest BCUT2D eigenvalue weighted by Crippen LogP contribution is -1.96. The molecule has 0 aliphatic rings. The van der Waals surface area contributed by atoms with Gasteiger partial charge in [-0.2, -0.15) is 0 Å². The highest BCUT2D eigenvalue weighted by atomic mass is 15.0. The first-order valence-corrected chi connectivity index (χ1v) is 27.4. The van der Waals surface area contributed by atoms with E-state index in [-0.39, 0.29) is 0 Å². The molecule has 0 N–H and O–H groups in total. The van der Waals surface area contributed by atoms with E-state index in [2.05, 4.69) is 252 Å². The highest BCUT2D eigenvalue weighted by Crippen LogP contribution is 2.50. The molecule has 16 aromatic rings. The summed E-state index contributed by atoms with van der Waals surface area (Å²) in [7, 11) is 0. The van der Waals surface area contributed by atoms with Gasteiger partial charge in [0.15, 0.2) is 0 Å². The third-order valence-electron chi connectivity index (χ3n) is 17.5. The van der Waals surface area contributed by atoms with Gasteiger partial charge in [0.1, 0.15) is 0 Å². The normalized spacial score (nSPS) is 12.4. The van der Waals surface area contributed by atoms with E-state index >= 15 is 0 Å². The van der Waals surface area contributed by atoms with E-state index < -0.39 is 0 Å². The summed E-state index contributed by atoms with van der Waals surface area (Å²) in [5.74, 6) is 0. The molecule has 0 unspecified atom stereocenters. The van der Waals surface area contributed by atoms with Gasteiger partial charge in [-0.05, 0) is 189 Å². The van der Waals surface area contributed by atoms with Crippen LogP contribution in [0.15, 0.2) is 206 Å². The Bertz CT molecular complexity index is 4470. The molecule has 0 saturated heterocycles. The summed E-state index contributed by atoms with van der Waals surface area (Å²) in [4.78, 5) is 0. The molecule has 0 radical (unpaired) electrons. The molecule has 0 atom stereocenters. The highest BCUT2D eigenvalue weighted by Gasteiger charge is 2.24. The third-order valence-corrected chi connectivity index (χ3v) is 17.5. The maximum absolute atomic E-state index is 2.51. The number of aryl methyl sites for hydroxylation is 4. The molecule has 4 heteroatoms. The van der Waals surface area contributed by atoms with E-state index in [1.54, 1.807) is 0 Å². The third kappa shape index (κ3) is 5.84. The van der Waals surface area contributed by atoms with Crippen LogP contribution in [0.1, 0.15) is 27.7 Å². The summed E-state index contributed by atoms with van der Waals surface area (Å²) in [5, 5.41) is 18.0. The molecular formula is C72H54N4. The van der Waals surface area contributed by atoms with E-state index in [4.69, 9.17) is 0 Å². The van der Waals surface area contributed by atoms with Crippen molar-refractivity contribution in [2.24, 2.45) is 0 Å². The molecule has 0 aliphatic heterocycles. The predicted octanol–water partition coefficient (Wildman–Crippen LogP) is 19.8. The molecular weight excluding hydrogens is 921 g/mol. The lowest BCUT2D eigenvalue weighted by molar-refractivity contribution is 0.827. The first-order chi connectivity index (χ1) is 37.5. The van der Waals surface area contributed by atoms with Crippen molar-refractivity contribution < 1.29 is 0 Å². The Morgan fingerprint density at radius 1 is 0.211 bits per heavy atom. The van der Waals surface area contributed by atoms with E-state index in [1.165, 1.54) is 164 Å². The summed E-state index contributed by atoms with van der Waals surface area (Å²) in [6.45, 7) is 12.7. The van der Waals surface area contributed by atoms with Gasteiger partial charge in [-0.3, -0.25) is 0 Å². The molecule has 4 heterocycles. The minimum atomic E-state index is 0.912. The Morgan fingerprint density at radius 3 is 0.671 bits per heavy atom. The molecule has 16 rings (SSSR count). The minimum absolute atomic E-state index is 0.912. The van der Waals surface area contributed by atoms with Crippen LogP contribution in [0.4, 0.5) is 0 Å². The van der Waals surface area contributed by atoms with Crippen molar-refractivity contribution in [1.82, 2.24) is 18.3 Å². The van der Waals surface area contributed by atoms with Gasteiger partial charge in [-0.1, -0.05) is 121 Å². The predicted molar refractivity (Wildman–Crippen MR) is 327 cm³/mol. The number of aromatic nitrogens is 4. The van der Waals surface area contributed by atoms with Crippen LogP contribution in [0.2, 0.25) is 0 Å². The zero-order valence-electron chi connectivity index (χ0n) is 43.2. The van der Waals surface area contributed by atoms with Gasteiger partial charge in [-0.25, -0.2) is 0 Å². The van der Waals surface area contributed by atoms with Crippen molar-refractivity contribution in [3.05, 3.63) is 206 Å². The monoisotopic (exact) mass is 974 g/mol. The lowest BCUT2D eigenvalue weighted by atomic mass is 9.81. The van der Waals surface area contributed by atoms with Crippen LogP contribution in [0.3, 0.4) is 0 Å². The standard InChI is InChI=1S/C72H54N4/c1-5-73-63-21-13-9-17-47(63)59-37-43(25-33-67(59)73)55-41-56(44-26-34-68-60(38-44)48-18-10-14-22-64(48)74(68)6-2)52-31-32-54-58(46-28-36-70-62(40-46)50-20-12-16-24-66(50)76(70)8-4)42-57(53-30-29-51(55)71(52)72(53)54)45-27-35-69-61(39-45)49-19-11-15-23-65(49)75(69)7-3/h9-42H,5-8H2,1-4H3. The Kier molecular flexibility index (Phi) is 9.22. The van der Waals surface area contributed by atoms with Crippen molar-refractivity contribution in [1.29, 1.82) is 0 Å². The number of hydrogen-bond donors (Lipinski definition) is 0. The van der Waals surface area contributed by atoms with Crippen LogP contribution in [-0.4, -0.2) is 18.3 Å². The van der Waals surface area contributed by atoms with Gasteiger partial charge in [0, 0.05) is 113 Å². The number of para-hydroxylation sites is 4. The SMILES string of the molecule is CCn1c2ccccc2c2cc(-c3cc(-c4ccc5c(c4)c4ccccc4n5CC)c4ccc5c(-c6ccc7c(c6)c6ccccc6n7CC)cc(-c6ccc7c(c6)c6ccccc6n7CC)c6ccc3c4c65)ccc21. The van der Waals surface area contributed by atoms with Crippen LogP contribution >= 0.6 is 0 Å². The van der Waals surface area contributed by atoms with Gasteiger partial charge in [0.25, 0.3) is 0 Å². The van der Waals surface area contributed by atoms with Crippen LogP contribution in [0.5, 0.6) is 0 Å². The number of fused-ring (bicyclic) bond motifs is 12. The molecule has 362 valence electrons. The zero-order valence-corrected chi connectivity index (χ0v) is 43.2.